The molecule has 3 heterocycles. The second-order valence-electron chi connectivity index (χ2n) is 11.3. The van der Waals surface area contributed by atoms with Crippen molar-refractivity contribution in [3.63, 3.8) is 0 Å². The van der Waals surface area contributed by atoms with Gasteiger partial charge < -0.3 is 36.2 Å². The summed E-state index contributed by atoms with van der Waals surface area (Å²) in [6.45, 7) is 1.86. The molecule has 3 aromatic heterocycles. The number of carbonyl (C=O) groups excluding carboxylic acids is 2. The Hall–Kier alpha value is -6.31. The molecular formula is C36H33F3N6O5. The quantitative estimate of drug-likeness (QED) is 0.108. The summed E-state index contributed by atoms with van der Waals surface area (Å²) in [6.07, 6.45) is -4.66. The van der Waals surface area contributed by atoms with E-state index in [9.17, 15) is 27.6 Å². The van der Waals surface area contributed by atoms with E-state index in [1.165, 1.54) is 12.1 Å². The maximum Gasteiger partial charge on any atom is 0.416 e. The van der Waals surface area contributed by atoms with Crippen molar-refractivity contribution in [1.29, 1.82) is 0 Å². The fourth-order valence-corrected chi connectivity index (χ4v) is 5.21. The Labute approximate surface area is 283 Å². The summed E-state index contributed by atoms with van der Waals surface area (Å²) in [6, 6.07) is 22.8. The Morgan fingerprint density at radius 3 is 2.32 bits per heavy atom. The molecule has 0 aliphatic rings. The molecule has 0 fully saturated rings. The normalized spacial score (nSPS) is 11.8. The molecule has 0 saturated heterocycles. The van der Waals surface area contributed by atoms with Crippen LogP contribution < -0.4 is 21.1 Å². The molecule has 0 aliphatic heterocycles. The number of pyridine rings is 1. The van der Waals surface area contributed by atoms with Gasteiger partial charge in [0.25, 0.3) is 5.91 Å². The number of aryl methyl sites for hydroxylation is 1. The number of amides is 2. The molecule has 7 N–H and O–H groups in total. The number of halogens is 3. The molecule has 2 amide bonds. The van der Waals surface area contributed by atoms with Gasteiger partial charge in [-0.15, -0.1) is 0 Å². The summed E-state index contributed by atoms with van der Waals surface area (Å²) in [5, 5.41) is 15.8. The van der Waals surface area contributed by atoms with E-state index in [2.05, 4.69) is 25.6 Å². The lowest BCUT2D eigenvalue weighted by atomic mass is 10.0. The van der Waals surface area contributed by atoms with E-state index in [0.717, 1.165) is 39.5 Å². The number of carbonyl (C=O) groups is 3. The topological polar surface area (TPSA) is 175 Å². The number of hydrogen-bond acceptors (Lipinski definition) is 6. The van der Waals surface area contributed by atoms with Crippen LogP contribution in [0.5, 0.6) is 5.75 Å². The number of alkyl halides is 3. The molecule has 6 rings (SSSR count). The second kappa shape index (κ2) is 14.8. The number of carboxylic acid groups (broad SMARTS) is 1. The summed E-state index contributed by atoms with van der Waals surface area (Å²) in [5.74, 6) is -0.999. The molecule has 6 aromatic rings. The molecule has 0 unspecified atom stereocenters. The fourth-order valence-electron chi connectivity index (χ4n) is 5.21. The maximum atomic E-state index is 13.2. The molecule has 3 aromatic carbocycles. The highest BCUT2D eigenvalue weighted by Crippen LogP contribution is 2.30. The van der Waals surface area contributed by atoms with Crippen molar-refractivity contribution in [2.75, 3.05) is 12.8 Å². The molecule has 50 heavy (non-hydrogen) atoms. The van der Waals surface area contributed by atoms with Gasteiger partial charge in [0, 0.05) is 40.5 Å². The van der Waals surface area contributed by atoms with Gasteiger partial charge in [-0.3, -0.25) is 9.59 Å². The number of aromatic amines is 2. The number of benzene rings is 3. The molecule has 1 atom stereocenters. The Morgan fingerprint density at radius 2 is 1.62 bits per heavy atom. The highest BCUT2D eigenvalue weighted by atomic mass is 19.4. The summed E-state index contributed by atoms with van der Waals surface area (Å²) in [7, 11) is 1.58. The molecule has 0 spiro atoms. The monoisotopic (exact) mass is 686 g/mol. The zero-order chi connectivity index (χ0) is 36.0. The van der Waals surface area contributed by atoms with Crippen LogP contribution in [0.1, 0.15) is 43.4 Å². The van der Waals surface area contributed by atoms with Crippen LogP contribution in [0, 0.1) is 6.92 Å². The zero-order valence-electron chi connectivity index (χ0n) is 26.9. The van der Waals surface area contributed by atoms with E-state index in [1.807, 2.05) is 24.3 Å². The Balaban J connectivity index is 0.000000288. The van der Waals surface area contributed by atoms with Crippen molar-refractivity contribution in [1.82, 2.24) is 25.6 Å². The Morgan fingerprint density at radius 1 is 0.900 bits per heavy atom. The van der Waals surface area contributed by atoms with E-state index < -0.39 is 35.6 Å². The third kappa shape index (κ3) is 8.58. The number of H-pyrrole nitrogens is 2. The van der Waals surface area contributed by atoms with Gasteiger partial charge in [-0.1, -0.05) is 42.5 Å². The number of rotatable bonds is 9. The van der Waals surface area contributed by atoms with E-state index in [1.54, 1.807) is 56.5 Å². The van der Waals surface area contributed by atoms with Crippen LogP contribution in [0.25, 0.3) is 21.8 Å². The van der Waals surface area contributed by atoms with Crippen LogP contribution in [0.2, 0.25) is 0 Å². The smallest absolute Gasteiger partial charge is 0.416 e. The lowest BCUT2D eigenvalue weighted by molar-refractivity contribution is -0.137. The molecular weight excluding hydrogens is 653 g/mol. The third-order valence-corrected chi connectivity index (χ3v) is 7.82. The number of hydrogen-bond donors (Lipinski definition) is 6. The Kier molecular flexibility index (Phi) is 10.4. The zero-order valence-corrected chi connectivity index (χ0v) is 26.9. The summed E-state index contributed by atoms with van der Waals surface area (Å²) < 4.78 is 44.6. The van der Waals surface area contributed by atoms with Crippen molar-refractivity contribution in [3.8, 4) is 5.75 Å². The van der Waals surface area contributed by atoms with E-state index in [0.29, 0.717) is 17.3 Å². The summed E-state index contributed by atoms with van der Waals surface area (Å²) in [4.78, 5) is 46.7. The first-order valence-corrected chi connectivity index (χ1v) is 15.2. The molecule has 0 aliphatic carbocycles. The molecule has 11 nitrogen and oxygen atoms in total. The van der Waals surface area contributed by atoms with Crippen molar-refractivity contribution in [3.05, 3.63) is 125 Å². The lowest BCUT2D eigenvalue weighted by Crippen LogP contribution is -2.48. The largest absolute Gasteiger partial charge is 0.497 e. The number of aromatic carboxylic acids is 1. The highest BCUT2D eigenvalue weighted by Gasteiger charge is 2.31. The number of methoxy groups -OCH3 is 1. The standard InChI is InChI=1S/C26H24F3N5O2.C10H9NO3/c1-15-18(9-10-23(30)32-15)14-31-24(35)21(12-16-5-4-7-19(11-16)26(27,28)29)34-25(36)22-13-17-6-2-3-8-20(17)33-22;1-14-7-2-3-8-6(4-7)5-9(11-8)10(12)13/h2-11,13,21,33H,12,14H2,1H3,(H2,30,32)(H,31,35)(H,34,36);2-5,11H,1H3,(H,12,13)/t21-;/m0./s1. The summed E-state index contributed by atoms with van der Waals surface area (Å²) in [5.41, 5.74) is 8.41. The SMILES string of the molecule is COc1ccc2[nH]c(C(=O)O)cc2c1.Cc1nc(N)ccc1CNC(=O)[C@H](Cc1cccc(C(F)(F)F)c1)NC(=O)c1cc2ccccc2[nH]1. The third-order valence-electron chi connectivity index (χ3n) is 7.82. The van der Waals surface area contributed by atoms with E-state index >= 15 is 0 Å². The average molecular weight is 687 g/mol. The van der Waals surface area contributed by atoms with E-state index in [-0.39, 0.29) is 29.9 Å². The average Bonchev–Trinajstić information content (AvgIpc) is 3.72. The minimum Gasteiger partial charge on any atom is -0.497 e. The number of nitrogens with one attached hydrogen (secondary N) is 4. The van der Waals surface area contributed by atoms with Crippen molar-refractivity contribution in [2.24, 2.45) is 0 Å². The first-order chi connectivity index (χ1) is 23.8. The molecule has 0 radical (unpaired) electrons. The number of nitrogens with zero attached hydrogens (tertiary/aromatic N) is 1. The number of para-hydroxylation sites is 1. The van der Waals surface area contributed by atoms with E-state index in [4.69, 9.17) is 15.6 Å². The number of fused-ring (bicyclic) bond motifs is 2. The van der Waals surface area contributed by atoms with Gasteiger partial charge in [-0.2, -0.15) is 13.2 Å². The fraction of sp³-hybridized carbons (Fsp3) is 0.167. The van der Waals surface area contributed by atoms with Crippen LogP contribution in [0.15, 0.2) is 91.0 Å². The summed E-state index contributed by atoms with van der Waals surface area (Å²) >= 11 is 0. The highest BCUT2D eigenvalue weighted by molar-refractivity contribution is 6.00. The van der Waals surface area contributed by atoms with Crippen molar-refractivity contribution < 1.29 is 37.4 Å². The maximum absolute atomic E-state index is 13.2. The number of ether oxygens (including phenoxy) is 1. The van der Waals surface area contributed by atoms with Crippen LogP contribution >= 0.6 is 0 Å². The van der Waals surface area contributed by atoms with Crippen LogP contribution in [0.3, 0.4) is 0 Å². The number of carboxylic acids is 1. The lowest BCUT2D eigenvalue weighted by Gasteiger charge is -2.19. The predicted octanol–water partition coefficient (Wildman–Crippen LogP) is 6.00. The molecule has 258 valence electrons. The van der Waals surface area contributed by atoms with Gasteiger partial charge in [0.1, 0.15) is 29.0 Å². The number of aromatic nitrogens is 3. The van der Waals surface area contributed by atoms with Gasteiger partial charge in [-0.25, -0.2) is 9.78 Å². The van der Waals surface area contributed by atoms with Gasteiger partial charge in [0.15, 0.2) is 0 Å². The minimum absolute atomic E-state index is 0.110. The number of anilines is 1. The Bertz CT molecular complexity index is 2140. The van der Waals surface area contributed by atoms with Gasteiger partial charge in [-0.05, 0) is 66.6 Å². The molecule has 14 heteroatoms. The first-order valence-electron chi connectivity index (χ1n) is 15.2. The molecule has 0 saturated carbocycles. The van der Waals surface area contributed by atoms with Gasteiger partial charge in [0.05, 0.1) is 12.7 Å². The van der Waals surface area contributed by atoms with Crippen LogP contribution in [0.4, 0.5) is 19.0 Å². The van der Waals surface area contributed by atoms with Gasteiger partial charge in [0.2, 0.25) is 5.91 Å². The number of nitrogen functional groups attached to an aromatic ring is 1. The number of nitrogens with two attached hydrogens (primary N) is 1. The predicted molar refractivity (Wildman–Crippen MR) is 182 cm³/mol. The van der Waals surface area contributed by atoms with Crippen LogP contribution in [-0.4, -0.2) is 51.0 Å². The first kappa shape index (κ1) is 35.0. The van der Waals surface area contributed by atoms with Crippen LogP contribution in [-0.2, 0) is 23.9 Å². The van der Waals surface area contributed by atoms with Gasteiger partial charge >= 0.3 is 12.1 Å². The van der Waals surface area contributed by atoms with Crippen molar-refractivity contribution >= 4 is 45.4 Å². The minimum atomic E-state index is -4.53. The molecule has 0 bridgehead atoms. The second-order valence-corrected chi connectivity index (χ2v) is 11.3. The van der Waals surface area contributed by atoms with Crippen molar-refractivity contribution in [2.45, 2.75) is 32.1 Å².